The zero-order chi connectivity index (χ0) is 16.0. The Bertz CT molecular complexity index is 544. The minimum Gasteiger partial charge on any atom is -0.550 e. The first-order chi connectivity index (χ1) is 9.65. The molecule has 0 aliphatic rings. The van der Waals surface area contributed by atoms with Gasteiger partial charge >= 0.3 is 5.97 Å². The molecule has 0 saturated carbocycles. The third kappa shape index (κ3) is 7.62. The number of ether oxygens (including phenoxy) is 1. The Kier molecular flexibility index (Phi) is 6.10. The van der Waals surface area contributed by atoms with Crippen molar-refractivity contribution >= 4 is 24.2 Å². The molecule has 0 spiro atoms. The first-order valence-corrected chi connectivity index (χ1v) is 7.03. The molecule has 0 saturated heterocycles. The van der Waals surface area contributed by atoms with Crippen LogP contribution in [0.2, 0.25) is 0 Å². The van der Waals surface area contributed by atoms with Crippen LogP contribution in [0.5, 0.6) is 0 Å². The van der Waals surface area contributed by atoms with E-state index in [0.717, 1.165) is 5.69 Å². The second kappa shape index (κ2) is 7.37. The number of rotatable bonds is 8. The topological polar surface area (TPSA) is 98.0 Å². The number of aliphatic carboxylic acids is 1. The number of carbonyl (C=O) groups excluding carboxylic acids is 2. The molecule has 0 bridgehead atoms. The first-order valence-electron chi connectivity index (χ1n) is 6.62. The van der Waals surface area contributed by atoms with Gasteiger partial charge in [0.15, 0.2) is 10.9 Å². The molecule has 1 rings (SSSR count). The van der Waals surface area contributed by atoms with Crippen molar-refractivity contribution in [1.82, 2.24) is 9.97 Å². The predicted octanol–water partition coefficient (Wildman–Crippen LogP) is -0.237. The second-order valence-corrected chi connectivity index (χ2v) is 6.34. The molecule has 21 heavy (non-hydrogen) atoms. The van der Waals surface area contributed by atoms with Crippen LogP contribution in [0, 0.1) is 4.77 Å². The van der Waals surface area contributed by atoms with Gasteiger partial charge in [-0.3, -0.25) is 4.79 Å². The smallest absolute Gasteiger partial charge is 0.306 e. The number of H-pyrrole nitrogens is 2. The average molecular weight is 315 g/mol. The van der Waals surface area contributed by atoms with Crippen LogP contribution in [0.3, 0.4) is 0 Å². The summed E-state index contributed by atoms with van der Waals surface area (Å²) in [6.07, 6.45) is 1.32. The van der Waals surface area contributed by atoms with Crippen LogP contribution in [0.25, 0.3) is 0 Å². The van der Waals surface area contributed by atoms with E-state index in [9.17, 15) is 14.7 Å². The summed E-state index contributed by atoms with van der Waals surface area (Å²) in [6.45, 7) is 0.409. The van der Waals surface area contributed by atoms with Crippen LogP contribution in [-0.4, -0.2) is 60.2 Å². The minimum atomic E-state index is -1.23. The first kappa shape index (κ1) is 17.4. The van der Waals surface area contributed by atoms with Crippen molar-refractivity contribution in [3.8, 4) is 0 Å². The van der Waals surface area contributed by atoms with Gasteiger partial charge < -0.3 is 29.1 Å². The Morgan fingerprint density at radius 1 is 1.43 bits per heavy atom. The van der Waals surface area contributed by atoms with Crippen molar-refractivity contribution in [2.75, 3.05) is 27.7 Å². The highest BCUT2D eigenvalue weighted by Crippen LogP contribution is 2.07. The summed E-state index contributed by atoms with van der Waals surface area (Å²) in [5.41, 5.74) is 0.806. The summed E-state index contributed by atoms with van der Waals surface area (Å²) in [4.78, 5) is 28.2. The maximum absolute atomic E-state index is 11.8. The molecule has 2 N–H and O–H groups in total. The third-order valence-corrected chi connectivity index (χ3v) is 2.91. The van der Waals surface area contributed by atoms with Gasteiger partial charge in [-0.1, -0.05) is 0 Å². The Morgan fingerprint density at radius 3 is 2.57 bits per heavy atom. The van der Waals surface area contributed by atoms with Crippen LogP contribution < -0.4 is 5.11 Å². The highest BCUT2D eigenvalue weighted by Gasteiger charge is 2.22. The third-order valence-electron chi connectivity index (χ3n) is 2.69. The number of aromatic nitrogens is 2. The molecular weight excluding hydrogens is 294 g/mol. The van der Waals surface area contributed by atoms with E-state index >= 15 is 0 Å². The average Bonchev–Trinajstić information content (AvgIpc) is 2.69. The normalized spacial score (nSPS) is 12.9. The van der Waals surface area contributed by atoms with Crippen LogP contribution in [0.1, 0.15) is 18.5 Å². The molecule has 1 heterocycles. The molecular formula is C13H21N3O4S. The lowest BCUT2D eigenvalue weighted by atomic mass is 10.2. The fourth-order valence-electron chi connectivity index (χ4n) is 1.93. The van der Waals surface area contributed by atoms with Gasteiger partial charge in [-0.25, -0.2) is 0 Å². The number of likely N-dealkylation sites (N-methyl/N-ethyl adjacent to an activating group) is 1. The van der Waals surface area contributed by atoms with E-state index < -0.39 is 18.0 Å². The maximum Gasteiger partial charge on any atom is 0.306 e. The number of hydrogen-bond donors (Lipinski definition) is 2. The summed E-state index contributed by atoms with van der Waals surface area (Å²) in [5.74, 6) is -1.66. The number of nitrogens with zero attached hydrogens (tertiary/aromatic N) is 1. The van der Waals surface area contributed by atoms with Gasteiger partial charge in [0, 0.05) is 24.3 Å². The molecule has 1 atom stereocenters. The van der Waals surface area contributed by atoms with Crippen LogP contribution in [0.15, 0.2) is 6.20 Å². The van der Waals surface area contributed by atoms with E-state index in [4.69, 9.17) is 17.0 Å². The standard InChI is InChI=1S/C13H21N3O4S/c1-16(2,3)8-10(6-11(17)18)20-12(19)5-4-9-7-14-13(21)15-9/h7,10H,4-6,8H2,1-3H3,(H2-,14,15,17,18,21). The van der Waals surface area contributed by atoms with Crippen LogP contribution in [-0.2, 0) is 20.7 Å². The second-order valence-electron chi connectivity index (χ2n) is 5.93. The number of aromatic amines is 2. The predicted molar refractivity (Wildman–Crippen MR) is 76.7 cm³/mol. The number of carboxylic acid groups (broad SMARTS) is 1. The highest BCUT2D eigenvalue weighted by molar-refractivity contribution is 7.71. The van der Waals surface area contributed by atoms with Gasteiger partial charge in [-0.15, -0.1) is 0 Å². The van der Waals surface area contributed by atoms with Gasteiger partial charge in [-0.05, 0) is 18.6 Å². The Labute approximate surface area is 128 Å². The molecule has 1 aromatic rings. The SMILES string of the molecule is C[N+](C)(C)CC(CC(=O)[O-])OC(=O)CCc1c[nH]c(=S)[nH]1. The quantitative estimate of drug-likeness (QED) is 0.392. The van der Waals surface area contributed by atoms with Crippen molar-refractivity contribution < 1.29 is 23.9 Å². The van der Waals surface area contributed by atoms with Crippen molar-refractivity contribution in [1.29, 1.82) is 0 Å². The fourth-order valence-corrected chi connectivity index (χ4v) is 2.12. The lowest BCUT2D eigenvalue weighted by Gasteiger charge is -2.29. The van der Waals surface area contributed by atoms with Gasteiger partial charge in [0.1, 0.15) is 6.54 Å². The highest BCUT2D eigenvalue weighted by atomic mass is 32.1. The summed E-state index contributed by atoms with van der Waals surface area (Å²) in [6, 6.07) is 0. The minimum absolute atomic E-state index is 0.157. The number of hydrogen-bond acceptors (Lipinski definition) is 5. The Hall–Kier alpha value is -1.67. The Balaban J connectivity index is 2.50. The number of imidazole rings is 1. The Morgan fingerprint density at radius 2 is 2.10 bits per heavy atom. The van der Waals surface area contributed by atoms with Gasteiger partial charge in [0.05, 0.1) is 27.6 Å². The van der Waals surface area contributed by atoms with Crippen LogP contribution >= 0.6 is 12.2 Å². The zero-order valence-corrected chi connectivity index (χ0v) is 13.3. The van der Waals surface area contributed by atoms with Crippen molar-refractivity contribution in [2.45, 2.75) is 25.4 Å². The van der Waals surface area contributed by atoms with Crippen molar-refractivity contribution in [3.63, 3.8) is 0 Å². The number of carbonyl (C=O) groups is 2. The molecule has 0 amide bonds. The molecule has 0 aliphatic heterocycles. The van der Waals surface area contributed by atoms with Crippen molar-refractivity contribution in [3.05, 3.63) is 16.7 Å². The number of quaternary nitrogens is 1. The van der Waals surface area contributed by atoms with Crippen LogP contribution in [0.4, 0.5) is 0 Å². The monoisotopic (exact) mass is 315 g/mol. The molecule has 0 radical (unpaired) electrons. The number of esters is 1. The largest absolute Gasteiger partial charge is 0.550 e. The van der Waals surface area contributed by atoms with E-state index in [1.54, 1.807) is 6.20 Å². The number of nitrogens with one attached hydrogen (secondary N) is 2. The summed E-state index contributed by atoms with van der Waals surface area (Å²) >= 11 is 4.89. The van der Waals surface area contributed by atoms with E-state index in [2.05, 4.69) is 9.97 Å². The van der Waals surface area contributed by atoms with E-state index in [1.165, 1.54) is 0 Å². The van der Waals surface area contributed by atoms with E-state index in [0.29, 0.717) is 22.2 Å². The molecule has 1 unspecified atom stereocenters. The molecule has 118 valence electrons. The van der Waals surface area contributed by atoms with Gasteiger partial charge in [0.25, 0.3) is 0 Å². The van der Waals surface area contributed by atoms with Gasteiger partial charge in [-0.2, -0.15) is 0 Å². The summed E-state index contributed by atoms with van der Waals surface area (Å²) in [7, 11) is 5.70. The maximum atomic E-state index is 11.8. The van der Waals surface area contributed by atoms with E-state index in [-0.39, 0.29) is 12.8 Å². The fraction of sp³-hybridized carbons (Fsp3) is 0.615. The molecule has 0 aromatic carbocycles. The lowest BCUT2D eigenvalue weighted by molar-refractivity contribution is -0.873. The lowest BCUT2D eigenvalue weighted by Crippen LogP contribution is -2.45. The molecule has 0 fully saturated rings. The van der Waals surface area contributed by atoms with Crippen molar-refractivity contribution in [2.24, 2.45) is 0 Å². The number of carboxylic acids is 1. The summed E-state index contributed by atoms with van der Waals surface area (Å²) < 4.78 is 6.23. The van der Waals surface area contributed by atoms with Gasteiger partial charge in [0.2, 0.25) is 0 Å². The van der Waals surface area contributed by atoms with E-state index in [1.807, 2.05) is 21.1 Å². The molecule has 8 heteroatoms. The summed E-state index contributed by atoms with van der Waals surface area (Å²) in [5, 5.41) is 10.7. The zero-order valence-electron chi connectivity index (χ0n) is 12.5. The molecule has 1 aromatic heterocycles. The molecule has 7 nitrogen and oxygen atoms in total. The molecule has 0 aliphatic carbocycles. The number of aryl methyl sites for hydroxylation is 1.